The Hall–Kier alpha value is -3.12. The second kappa shape index (κ2) is 7.48. The molecule has 0 spiro atoms. The van der Waals surface area contributed by atoms with Gasteiger partial charge in [0.25, 0.3) is 0 Å². The molecule has 4 rings (SSSR count). The van der Waals surface area contributed by atoms with Crippen LogP contribution in [0.15, 0.2) is 54.7 Å². The summed E-state index contributed by atoms with van der Waals surface area (Å²) in [6, 6.07) is 13.5. The van der Waals surface area contributed by atoms with Gasteiger partial charge in [0.2, 0.25) is 0 Å². The molecule has 3 aromatic rings. The van der Waals surface area contributed by atoms with Crippen LogP contribution in [0.2, 0.25) is 5.02 Å². The quantitative estimate of drug-likeness (QED) is 0.648. The number of carbonyl (C=O) groups is 1. The molecule has 0 saturated carbocycles. The minimum atomic E-state index is -0.418. The van der Waals surface area contributed by atoms with Crippen molar-refractivity contribution < 1.29 is 13.9 Å². The molecule has 1 aliphatic rings. The first-order valence-electron chi connectivity index (χ1n) is 8.71. The normalized spacial score (nSPS) is 13.1. The van der Waals surface area contributed by atoms with Crippen LogP contribution in [0.4, 0.5) is 20.6 Å². The number of aryl methyl sites for hydroxylation is 1. The third kappa shape index (κ3) is 3.51. The zero-order chi connectivity index (χ0) is 19.7. The van der Waals surface area contributed by atoms with Crippen molar-refractivity contribution >= 4 is 29.0 Å². The Bertz CT molecular complexity index is 1060. The number of anilines is 2. The van der Waals surface area contributed by atoms with E-state index in [2.05, 4.69) is 10.3 Å². The summed E-state index contributed by atoms with van der Waals surface area (Å²) < 4.78 is 19.4. The fourth-order valence-electron chi connectivity index (χ4n) is 3.10. The average Bonchev–Trinajstić information content (AvgIpc) is 2.69. The van der Waals surface area contributed by atoms with Crippen LogP contribution in [-0.2, 0) is 13.2 Å². The van der Waals surface area contributed by atoms with Gasteiger partial charge in [-0.1, -0.05) is 29.8 Å². The highest BCUT2D eigenvalue weighted by Crippen LogP contribution is 2.35. The molecule has 0 atom stereocenters. The lowest BCUT2D eigenvalue weighted by molar-refractivity contribution is 0.256. The second-order valence-electron chi connectivity index (χ2n) is 6.46. The van der Waals surface area contributed by atoms with Gasteiger partial charge in [-0.05, 0) is 42.3 Å². The highest BCUT2D eigenvalue weighted by molar-refractivity contribution is 6.34. The van der Waals surface area contributed by atoms with E-state index in [1.807, 2.05) is 25.1 Å². The van der Waals surface area contributed by atoms with Crippen molar-refractivity contribution in [2.24, 2.45) is 0 Å². The monoisotopic (exact) mass is 397 g/mol. The Labute approximate surface area is 166 Å². The van der Waals surface area contributed by atoms with Gasteiger partial charge in [0.05, 0.1) is 22.9 Å². The first-order valence-corrected chi connectivity index (χ1v) is 9.09. The van der Waals surface area contributed by atoms with E-state index in [4.69, 9.17) is 16.3 Å². The van der Waals surface area contributed by atoms with E-state index in [0.29, 0.717) is 28.7 Å². The fourth-order valence-corrected chi connectivity index (χ4v) is 3.34. The predicted octanol–water partition coefficient (Wildman–Crippen LogP) is 5.31. The Balaban J connectivity index is 1.59. The third-order valence-electron chi connectivity index (χ3n) is 4.59. The summed E-state index contributed by atoms with van der Waals surface area (Å²) in [6.07, 6.45) is 1.52. The number of rotatable bonds is 4. The van der Waals surface area contributed by atoms with Gasteiger partial charge in [-0.3, -0.25) is 9.88 Å². The average molecular weight is 398 g/mol. The standard InChI is InChI=1S/C21H17ClFN3O2/c1-13-7-8-15(28-12-18-17(23)6-3-9-24-18)10-19(13)26-11-14-4-2-5-16(22)20(14)25-21(26)27/h2-10H,11-12H2,1H3,(H,25,27). The van der Waals surface area contributed by atoms with Crippen LogP contribution in [0.1, 0.15) is 16.8 Å². The van der Waals surface area contributed by atoms with Gasteiger partial charge in [-0.15, -0.1) is 0 Å². The number of nitrogens with zero attached hydrogens (tertiary/aromatic N) is 2. The summed E-state index contributed by atoms with van der Waals surface area (Å²) in [7, 11) is 0. The molecule has 0 radical (unpaired) electrons. The van der Waals surface area contributed by atoms with Crippen LogP contribution in [0, 0.1) is 12.7 Å². The highest BCUT2D eigenvalue weighted by atomic mass is 35.5. The van der Waals surface area contributed by atoms with E-state index >= 15 is 0 Å². The van der Waals surface area contributed by atoms with E-state index in [1.165, 1.54) is 18.3 Å². The van der Waals surface area contributed by atoms with Gasteiger partial charge < -0.3 is 10.1 Å². The van der Waals surface area contributed by atoms with Crippen LogP contribution in [0.3, 0.4) is 0 Å². The van der Waals surface area contributed by atoms with Crippen LogP contribution < -0.4 is 15.0 Å². The third-order valence-corrected chi connectivity index (χ3v) is 4.90. The summed E-state index contributed by atoms with van der Waals surface area (Å²) >= 11 is 6.18. The smallest absolute Gasteiger partial charge is 0.326 e. The molecule has 142 valence electrons. The second-order valence-corrected chi connectivity index (χ2v) is 6.87. The number of benzene rings is 2. The molecule has 0 bridgehead atoms. The van der Waals surface area contributed by atoms with Gasteiger partial charge in [0.1, 0.15) is 23.9 Å². The van der Waals surface area contributed by atoms with Gasteiger partial charge in [-0.25, -0.2) is 9.18 Å². The molecule has 0 fully saturated rings. The molecule has 1 N–H and O–H groups in total. The van der Waals surface area contributed by atoms with Crippen LogP contribution in [0.5, 0.6) is 5.75 Å². The van der Waals surface area contributed by atoms with Crippen molar-refractivity contribution in [1.29, 1.82) is 0 Å². The molecular formula is C21H17ClFN3O2. The van der Waals surface area contributed by atoms with Gasteiger partial charge in [-0.2, -0.15) is 0 Å². The summed E-state index contributed by atoms with van der Waals surface area (Å²) in [4.78, 5) is 18.3. The van der Waals surface area contributed by atoms with Crippen molar-refractivity contribution in [3.63, 3.8) is 0 Å². The van der Waals surface area contributed by atoms with Crippen LogP contribution >= 0.6 is 11.6 Å². The number of nitrogens with one attached hydrogen (secondary N) is 1. The Morgan fingerprint density at radius 1 is 1.25 bits per heavy atom. The minimum Gasteiger partial charge on any atom is -0.487 e. The van der Waals surface area contributed by atoms with Crippen LogP contribution in [-0.4, -0.2) is 11.0 Å². The molecule has 28 heavy (non-hydrogen) atoms. The number of pyridine rings is 1. The van der Waals surface area contributed by atoms with E-state index in [-0.39, 0.29) is 18.3 Å². The maximum absolute atomic E-state index is 13.7. The number of para-hydroxylation sites is 1. The first kappa shape index (κ1) is 18.3. The molecule has 7 heteroatoms. The molecule has 1 aromatic heterocycles. The molecule has 0 saturated heterocycles. The number of aromatic nitrogens is 1. The molecule has 5 nitrogen and oxygen atoms in total. The highest BCUT2D eigenvalue weighted by Gasteiger charge is 2.26. The largest absolute Gasteiger partial charge is 0.487 e. The lowest BCUT2D eigenvalue weighted by atomic mass is 10.1. The topological polar surface area (TPSA) is 54.5 Å². The maximum atomic E-state index is 13.7. The molecule has 2 aromatic carbocycles. The van der Waals surface area contributed by atoms with Crippen molar-refractivity contribution in [1.82, 2.24) is 4.98 Å². The Morgan fingerprint density at radius 2 is 2.11 bits per heavy atom. The number of amides is 2. The van der Waals surface area contributed by atoms with Crippen molar-refractivity contribution in [3.05, 3.63) is 82.4 Å². The number of hydrogen-bond acceptors (Lipinski definition) is 3. The van der Waals surface area contributed by atoms with Crippen molar-refractivity contribution in [2.75, 3.05) is 10.2 Å². The van der Waals surface area contributed by atoms with E-state index < -0.39 is 5.82 Å². The molecular weight excluding hydrogens is 381 g/mol. The molecule has 0 unspecified atom stereocenters. The summed E-state index contributed by atoms with van der Waals surface area (Å²) in [6.45, 7) is 2.30. The number of halogens is 2. The molecule has 2 heterocycles. The number of fused-ring (bicyclic) bond motifs is 1. The maximum Gasteiger partial charge on any atom is 0.326 e. The zero-order valence-electron chi connectivity index (χ0n) is 15.1. The summed E-state index contributed by atoms with van der Waals surface area (Å²) in [5.41, 5.74) is 3.41. The SMILES string of the molecule is Cc1ccc(OCc2ncccc2F)cc1N1Cc2cccc(Cl)c2NC1=O. The number of urea groups is 1. The van der Waals surface area contributed by atoms with Gasteiger partial charge in [0.15, 0.2) is 0 Å². The summed E-state index contributed by atoms with van der Waals surface area (Å²) in [5, 5.41) is 3.35. The fraction of sp³-hybridized carbons (Fsp3) is 0.143. The molecule has 0 aliphatic carbocycles. The van der Waals surface area contributed by atoms with E-state index in [1.54, 1.807) is 23.1 Å². The Morgan fingerprint density at radius 3 is 2.93 bits per heavy atom. The van der Waals surface area contributed by atoms with Crippen molar-refractivity contribution in [3.8, 4) is 5.75 Å². The van der Waals surface area contributed by atoms with Crippen molar-refractivity contribution in [2.45, 2.75) is 20.1 Å². The minimum absolute atomic E-state index is 0.000186. The van der Waals surface area contributed by atoms with E-state index in [0.717, 1.165) is 11.1 Å². The zero-order valence-corrected chi connectivity index (χ0v) is 15.8. The van der Waals surface area contributed by atoms with Gasteiger partial charge in [0, 0.05) is 12.3 Å². The Kier molecular flexibility index (Phi) is 4.88. The number of ether oxygens (including phenoxy) is 1. The van der Waals surface area contributed by atoms with Gasteiger partial charge >= 0.3 is 6.03 Å². The lowest BCUT2D eigenvalue weighted by Crippen LogP contribution is -2.39. The molecule has 1 aliphatic heterocycles. The molecule has 2 amide bonds. The van der Waals surface area contributed by atoms with E-state index in [9.17, 15) is 9.18 Å². The summed E-state index contributed by atoms with van der Waals surface area (Å²) in [5.74, 6) is 0.106. The lowest BCUT2D eigenvalue weighted by Gasteiger charge is -2.31. The van der Waals surface area contributed by atoms with Crippen LogP contribution in [0.25, 0.3) is 0 Å². The first-order chi connectivity index (χ1) is 13.5. The predicted molar refractivity (Wildman–Crippen MR) is 106 cm³/mol. The number of carbonyl (C=O) groups excluding carboxylic acids is 1. The number of hydrogen-bond donors (Lipinski definition) is 1.